The molecule has 37 heavy (non-hydrogen) atoms. The summed E-state index contributed by atoms with van der Waals surface area (Å²) in [6.07, 6.45) is 0. The molecule has 6 rings (SSSR count). The van der Waals surface area contributed by atoms with Crippen molar-refractivity contribution in [2.45, 2.75) is 0 Å². The number of hydrogen-bond donors (Lipinski definition) is 0. The molecule has 0 N–H and O–H groups in total. The molecule has 0 bridgehead atoms. The third-order valence-electron chi connectivity index (χ3n) is 5.89. The van der Waals surface area contributed by atoms with Gasteiger partial charge in [-0.05, 0) is 72.8 Å². The van der Waals surface area contributed by atoms with Crippen molar-refractivity contribution in [3.63, 3.8) is 0 Å². The molecule has 0 fully saturated rings. The van der Waals surface area contributed by atoms with Crippen LogP contribution in [-0.2, 0) is 0 Å². The van der Waals surface area contributed by atoms with Gasteiger partial charge in [-0.2, -0.15) is 0 Å². The van der Waals surface area contributed by atoms with Crippen LogP contribution in [0.5, 0.6) is 11.5 Å². The molecule has 0 saturated carbocycles. The highest BCUT2D eigenvalue weighted by Gasteiger charge is 2.16. The summed E-state index contributed by atoms with van der Waals surface area (Å²) >= 11 is -0.793. The van der Waals surface area contributed by atoms with Gasteiger partial charge < -0.3 is 16.9 Å². The van der Waals surface area contributed by atoms with Gasteiger partial charge in [0.1, 0.15) is 5.52 Å². The lowest BCUT2D eigenvalue weighted by atomic mass is 10.2. The third-order valence-corrected chi connectivity index (χ3v) is 6.61. The van der Waals surface area contributed by atoms with E-state index < -0.39 is 15.9 Å². The quantitative estimate of drug-likeness (QED) is 0.200. The second kappa shape index (κ2) is 10.6. The fraction of sp³-hybridized carbons (Fsp3) is 0. The normalized spacial score (nSPS) is 10.7. The molecule has 5 nitrogen and oxygen atoms in total. The van der Waals surface area contributed by atoms with Gasteiger partial charge in [0, 0.05) is 17.1 Å². The molecule has 0 aliphatic carbocycles. The number of nitrogens with zero attached hydrogens (tertiary/aromatic N) is 2. The van der Waals surface area contributed by atoms with Crippen LogP contribution in [0.2, 0.25) is 0 Å². The Morgan fingerprint density at radius 2 is 1.16 bits per heavy atom. The summed E-state index contributed by atoms with van der Waals surface area (Å²) in [5.74, 6) is 1.96. The summed E-state index contributed by atoms with van der Waals surface area (Å²) in [5.41, 5.74) is 5.58. The number of benzene rings is 5. The number of para-hydroxylation sites is 5. The van der Waals surface area contributed by atoms with E-state index in [9.17, 15) is 0 Å². The minimum absolute atomic E-state index is 0.530. The average molecular weight is 498 g/mol. The van der Waals surface area contributed by atoms with E-state index in [0.29, 0.717) is 11.6 Å². The Morgan fingerprint density at radius 3 is 1.86 bits per heavy atom. The van der Waals surface area contributed by atoms with Crippen molar-refractivity contribution in [1.82, 2.24) is 4.98 Å². The standard InChI is InChI=1S/C18H15NO.C13H9NO2.Al/c20-18-13-11-17(12-14-18)19(15-7-3-1-4-8-15)16-9-5-2-6-10-16;15-11-7-3-1-5-9(11)13-14-10-6-2-4-8-12(10)16-13;/h1-14,20H;1-8,15H;/q;;+2/p-2. The van der Waals surface area contributed by atoms with Gasteiger partial charge in [0.25, 0.3) is 0 Å². The first-order valence-corrected chi connectivity index (χ1v) is 12.9. The summed E-state index contributed by atoms with van der Waals surface area (Å²) in [6, 6.07) is 44.1. The first kappa shape index (κ1) is 22.9. The largest absolute Gasteiger partial charge is 0.881 e. The summed E-state index contributed by atoms with van der Waals surface area (Å²) in [7, 11) is 0. The van der Waals surface area contributed by atoms with Gasteiger partial charge in [0.2, 0.25) is 5.89 Å². The molecule has 1 radical (unpaired) electrons. The van der Waals surface area contributed by atoms with Crippen LogP contribution in [0.3, 0.4) is 0 Å². The topological polar surface area (TPSA) is 47.7 Å². The van der Waals surface area contributed by atoms with E-state index in [-0.39, 0.29) is 0 Å². The van der Waals surface area contributed by atoms with Crippen LogP contribution >= 0.6 is 0 Å². The third kappa shape index (κ3) is 5.08. The lowest BCUT2D eigenvalue weighted by Crippen LogP contribution is -2.12. The Hall–Kier alpha value is -4.50. The highest BCUT2D eigenvalue weighted by Crippen LogP contribution is 2.35. The lowest BCUT2D eigenvalue weighted by Gasteiger charge is -2.25. The minimum atomic E-state index is -0.793. The van der Waals surface area contributed by atoms with Crippen LogP contribution in [0, 0.1) is 0 Å². The molecule has 0 spiro atoms. The number of fused-ring (bicyclic) bond motifs is 1. The first-order chi connectivity index (χ1) is 18.3. The zero-order chi connectivity index (χ0) is 24.9. The molecule has 6 aromatic rings. The van der Waals surface area contributed by atoms with E-state index in [1.807, 2.05) is 97.1 Å². The molecule has 0 aliphatic heterocycles. The predicted octanol–water partition coefficient (Wildman–Crippen LogP) is 7.96. The zero-order valence-electron chi connectivity index (χ0n) is 19.9. The van der Waals surface area contributed by atoms with Crippen LogP contribution in [0.4, 0.5) is 17.1 Å². The van der Waals surface area contributed by atoms with E-state index in [2.05, 4.69) is 46.3 Å². The number of hydrogen-bond acceptors (Lipinski definition) is 5. The number of rotatable bonds is 8. The summed E-state index contributed by atoms with van der Waals surface area (Å²) in [6.45, 7) is 0. The maximum atomic E-state index is 6.06. The minimum Gasteiger partial charge on any atom is -0.616 e. The molecular formula is C31H22AlN2O3. The van der Waals surface area contributed by atoms with E-state index in [1.54, 1.807) is 0 Å². The van der Waals surface area contributed by atoms with Gasteiger partial charge in [0.15, 0.2) is 5.58 Å². The van der Waals surface area contributed by atoms with Crippen molar-refractivity contribution in [3.05, 3.63) is 133 Å². The predicted molar refractivity (Wildman–Crippen MR) is 148 cm³/mol. The lowest BCUT2D eigenvalue weighted by molar-refractivity contribution is 0.458. The molecule has 0 aliphatic rings. The van der Waals surface area contributed by atoms with Crippen molar-refractivity contribution in [2.24, 2.45) is 0 Å². The molecule has 6 heteroatoms. The Morgan fingerprint density at radius 1 is 0.568 bits per heavy atom. The molecule has 5 aromatic carbocycles. The Balaban J connectivity index is 1.17. The summed E-state index contributed by atoms with van der Waals surface area (Å²) < 4.78 is 18.0. The molecule has 0 saturated heterocycles. The summed E-state index contributed by atoms with van der Waals surface area (Å²) in [5, 5.41) is 0. The molecular weight excluding hydrogens is 475 g/mol. The average Bonchev–Trinajstić information content (AvgIpc) is 3.40. The van der Waals surface area contributed by atoms with Gasteiger partial charge in [-0.15, -0.1) is 0 Å². The van der Waals surface area contributed by atoms with Gasteiger partial charge >= 0.3 is 15.9 Å². The van der Waals surface area contributed by atoms with Gasteiger partial charge in [-0.3, -0.25) is 0 Å². The van der Waals surface area contributed by atoms with Crippen LogP contribution in [0.1, 0.15) is 0 Å². The molecule has 0 amide bonds. The second-order valence-corrected chi connectivity index (χ2v) is 8.98. The molecule has 1 heterocycles. The molecule has 0 unspecified atom stereocenters. The van der Waals surface area contributed by atoms with Crippen LogP contribution in [-0.4, -0.2) is 20.9 Å². The van der Waals surface area contributed by atoms with Crippen LogP contribution in [0.15, 0.2) is 138 Å². The summed E-state index contributed by atoms with van der Waals surface area (Å²) in [4.78, 5) is 6.82. The monoisotopic (exact) mass is 497 g/mol. The smallest absolute Gasteiger partial charge is 0.616 e. The maximum Gasteiger partial charge on any atom is 0.881 e. The zero-order valence-corrected chi connectivity index (χ0v) is 21.1. The highest BCUT2D eigenvalue weighted by molar-refractivity contribution is 6.21. The van der Waals surface area contributed by atoms with E-state index in [4.69, 9.17) is 12.0 Å². The maximum absolute atomic E-state index is 6.06. The van der Waals surface area contributed by atoms with Gasteiger partial charge in [-0.25, -0.2) is 4.98 Å². The van der Waals surface area contributed by atoms with Crippen molar-refractivity contribution in [3.8, 4) is 23.0 Å². The van der Waals surface area contributed by atoms with Crippen molar-refractivity contribution >= 4 is 44.0 Å². The van der Waals surface area contributed by atoms with Crippen LogP contribution < -0.4 is 12.5 Å². The van der Waals surface area contributed by atoms with E-state index >= 15 is 0 Å². The van der Waals surface area contributed by atoms with E-state index in [0.717, 1.165) is 39.5 Å². The molecule has 177 valence electrons. The fourth-order valence-electron chi connectivity index (χ4n) is 4.14. The number of aromatic nitrogens is 1. The van der Waals surface area contributed by atoms with Gasteiger partial charge in [0.05, 0.1) is 17.1 Å². The fourth-order valence-corrected chi connectivity index (χ4v) is 4.77. The Kier molecular flexibility index (Phi) is 6.59. The Bertz CT molecular complexity index is 1530. The second-order valence-electron chi connectivity index (χ2n) is 8.32. The highest BCUT2D eigenvalue weighted by atomic mass is 27.2. The van der Waals surface area contributed by atoms with Crippen molar-refractivity contribution < 1.29 is 12.0 Å². The number of anilines is 3. The molecule has 1 aromatic heterocycles. The number of oxazole rings is 1. The first-order valence-electron chi connectivity index (χ1n) is 12.0. The van der Waals surface area contributed by atoms with Crippen LogP contribution in [0.25, 0.3) is 22.6 Å². The SMILES string of the molecule is c1ccc(N(c2ccccc2)c2ccc([O][Al][O]c3ccccc3-c3nc4ccccc4o3)cc2)cc1. The van der Waals surface area contributed by atoms with E-state index in [1.165, 1.54) is 0 Å². The van der Waals surface area contributed by atoms with Gasteiger partial charge in [-0.1, -0.05) is 60.7 Å². The van der Waals surface area contributed by atoms with Crippen molar-refractivity contribution in [1.29, 1.82) is 0 Å². The Labute approximate surface area is 221 Å². The van der Waals surface area contributed by atoms with Crippen molar-refractivity contribution in [2.75, 3.05) is 4.90 Å². The molecule has 0 atom stereocenters.